The summed E-state index contributed by atoms with van der Waals surface area (Å²) in [6, 6.07) is 0.748. The van der Waals surface area contributed by atoms with E-state index in [4.69, 9.17) is 4.74 Å². The summed E-state index contributed by atoms with van der Waals surface area (Å²) >= 11 is 0. The minimum atomic E-state index is 0.748. The standard InChI is InChI=1S/C13H29NO/c1-4-6-10-13(9-5-2)14-11-7-8-12-15-3/h13-14H,4-12H2,1-3H3. The van der Waals surface area contributed by atoms with Crippen LogP contribution in [0.2, 0.25) is 0 Å². The second-order valence-electron chi connectivity index (χ2n) is 4.28. The highest BCUT2D eigenvalue weighted by molar-refractivity contribution is 4.65. The first-order valence-electron chi connectivity index (χ1n) is 6.57. The predicted molar refractivity (Wildman–Crippen MR) is 67.3 cm³/mol. The molecular weight excluding hydrogens is 186 g/mol. The highest BCUT2D eigenvalue weighted by Crippen LogP contribution is 2.06. The molecule has 0 radical (unpaired) electrons. The largest absolute Gasteiger partial charge is 0.385 e. The lowest BCUT2D eigenvalue weighted by Gasteiger charge is -2.17. The molecule has 0 aromatic rings. The Kier molecular flexibility index (Phi) is 11.9. The van der Waals surface area contributed by atoms with Crippen molar-refractivity contribution in [2.45, 2.75) is 64.8 Å². The lowest BCUT2D eigenvalue weighted by atomic mass is 10.1. The fraction of sp³-hybridized carbons (Fsp3) is 1.00. The van der Waals surface area contributed by atoms with Crippen LogP contribution in [-0.2, 0) is 4.74 Å². The molecule has 15 heavy (non-hydrogen) atoms. The molecule has 0 aliphatic rings. The van der Waals surface area contributed by atoms with Gasteiger partial charge in [-0.2, -0.15) is 0 Å². The second-order valence-corrected chi connectivity index (χ2v) is 4.28. The van der Waals surface area contributed by atoms with E-state index in [2.05, 4.69) is 19.2 Å². The Labute approximate surface area is 95.8 Å². The van der Waals surface area contributed by atoms with E-state index < -0.39 is 0 Å². The van der Waals surface area contributed by atoms with E-state index in [0.717, 1.165) is 19.2 Å². The number of hydrogen-bond acceptors (Lipinski definition) is 2. The van der Waals surface area contributed by atoms with E-state index in [1.54, 1.807) is 7.11 Å². The van der Waals surface area contributed by atoms with Gasteiger partial charge >= 0.3 is 0 Å². The molecule has 0 aliphatic heterocycles. The number of hydrogen-bond donors (Lipinski definition) is 1. The molecule has 0 heterocycles. The van der Waals surface area contributed by atoms with E-state index in [-0.39, 0.29) is 0 Å². The normalized spacial score (nSPS) is 13.0. The van der Waals surface area contributed by atoms with Gasteiger partial charge in [0.15, 0.2) is 0 Å². The number of methoxy groups -OCH3 is 1. The number of rotatable bonds is 11. The van der Waals surface area contributed by atoms with E-state index in [1.807, 2.05) is 0 Å². The highest BCUT2D eigenvalue weighted by Gasteiger charge is 2.05. The summed E-state index contributed by atoms with van der Waals surface area (Å²) in [4.78, 5) is 0. The maximum atomic E-state index is 5.03. The van der Waals surface area contributed by atoms with Gasteiger partial charge in [0, 0.05) is 19.8 Å². The van der Waals surface area contributed by atoms with Crippen molar-refractivity contribution in [3.05, 3.63) is 0 Å². The Balaban J connectivity index is 3.38. The Morgan fingerprint density at radius 1 is 1.00 bits per heavy atom. The lowest BCUT2D eigenvalue weighted by molar-refractivity contribution is 0.192. The lowest BCUT2D eigenvalue weighted by Crippen LogP contribution is -2.29. The average Bonchev–Trinajstić information content (AvgIpc) is 2.25. The molecule has 1 unspecified atom stereocenters. The van der Waals surface area contributed by atoms with Gasteiger partial charge in [0.2, 0.25) is 0 Å². The van der Waals surface area contributed by atoms with E-state index >= 15 is 0 Å². The van der Waals surface area contributed by atoms with E-state index in [0.29, 0.717) is 0 Å². The van der Waals surface area contributed by atoms with E-state index in [9.17, 15) is 0 Å². The molecule has 2 heteroatoms. The summed E-state index contributed by atoms with van der Waals surface area (Å²) in [6.07, 6.45) is 9.04. The summed E-state index contributed by atoms with van der Waals surface area (Å²) in [5.74, 6) is 0. The van der Waals surface area contributed by atoms with Crippen LogP contribution in [0.25, 0.3) is 0 Å². The quantitative estimate of drug-likeness (QED) is 0.534. The first-order chi connectivity index (χ1) is 7.35. The minimum Gasteiger partial charge on any atom is -0.385 e. The first kappa shape index (κ1) is 14.9. The third-order valence-electron chi connectivity index (χ3n) is 2.75. The van der Waals surface area contributed by atoms with Gasteiger partial charge in [0.1, 0.15) is 0 Å². The monoisotopic (exact) mass is 215 g/mol. The third-order valence-corrected chi connectivity index (χ3v) is 2.75. The molecule has 2 nitrogen and oxygen atoms in total. The summed E-state index contributed by atoms with van der Waals surface area (Å²) in [5.41, 5.74) is 0. The molecule has 0 spiro atoms. The predicted octanol–water partition coefficient (Wildman–Crippen LogP) is 3.36. The van der Waals surface area contributed by atoms with Crippen LogP contribution in [0.1, 0.15) is 58.8 Å². The zero-order valence-electron chi connectivity index (χ0n) is 10.8. The summed E-state index contributed by atoms with van der Waals surface area (Å²) in [6.45, 7) is 6.58. The van der Waals surface area contributed by atoms with Crippen molar-refractivity contribution in [2.75, 3.05) is 20.3 Å². The molecule has 1 N–H and O–H groups in total. The van der Waals surface area contributed by atoms with Crippen LogP contribution in [0, 0.1) is 0 Å². The average molecular weight is 215 g/mol. The SMILES string of the molecule is CCCCC(CCC)NCCCCOC. The Hall–Kier alpha value is -0.0800. The van der Waals surface area contributed by atoms with Crippen molar-refractivity contribution in [3.8, 4) is 0 Å². The first-order valence-corrected chi connectivity index (χ1v) is 6.57. The summed E-state index contributed by atoms with van der Waals surface area (Å²) in [5, 5.41) is 3.66. The maximum absolute atomic E-state index is 5.03. The Bertz CT molecular complexity index is 117. The van der Waals surface area contributed by atoms with Crippen LogP contribution in [0.15, 0.2) is 0 Å². The van der Waals surface area contributed by atoms with Crippen molar-refractivity contribution in [1.82, 2.24) is 5.32 Å². The molecule has 92 valence electrons. The summed E-state index contributed by atoms with van der Waals surface area (Å²) in [7, 11) is 1.77. The molecule has 0 aliphatic carbocycles. The van der Waals surface area contributed by atoms with Gasteiger partial charge < -0.3 is 10.1 Å². The maximum Gasteiger partial charge on any atom is 0.0462 e. The topological polar surface area (TPSA) is 21.3 Å². The van der Waals surface area contributed by atoms with Crippen molar-refractivity contribution >= 4 is 0 Å². The molecular formula is C13H29NO. The van der Waals surface area contributed by atoms with Crippen LogP contribution in [0.3, 0.4) is 0 Å². The number of unbranched alkanes of at least 4 members (excludes halogenated alkanes) is 2. The Morgan fingerprint density at radius 2 is 1.80 bits per heavy atom. The van der Waals surface area contributed by atoms with Crippen LogP contribution in [0.5, 0.6) is 0 Å². The van der Waals surface area contributed by atoms with Crippen LogP contribution >= 0.6 is 0 Å². The Morgan fingerprint density at radius 3 is 2.40 bits per heavy atom. The highest BCUT2D eigenvalue weighted by atomic mass is 16.5. The van der Waals surface area contributed by atoms with Crippen molar-refractivity contribution in [1.29, 1.82) is 0 Å². The fourth-order valence-corrected chi connectivity index (χ4v) is 1.83. The van der Waals surface area contributed by atoms with Crippen LogP contribution < -0.4 is 5.32 Å². The minimum absolute atomic E-state index is 0.748. The van der Waals surface area contributed by atoms with Gasteiger partial charge in [-0.3, -0.25) is 0 Å². The third kappa shape index (κ3) is 10.2. The van der Waals surface area contributed by atoms with Crippen molar-refractivity contribution < 1.29 is 4.74 Å². The molecule has 0 saturated heterocycles. The number of ether oxygens (including phenoxy) is 1. The fourth-order valence-electron chi connectivity index (χ4n) is 1.83. The molecule has 0 bridgehead atoms. The van der Waals surface area contributed by atoms with Gasteiger partial charge in [0.25, 0.3) is 0 Å². The van der Waals surface area contributed by atoms with Crippen LogP contribution in [-0.4, -0.2) is 26.3 Å². The molecule has 0 fully saturated rings. The van der Waals surface area contributed by atoms with Crippen molar-refractivity contribution in [3.63, 3.8) is 0 Å². The molecule has 0 aromatic heterocycles. The molecule has 0 saturated carbocycles. The van der Waals surface area contributed by atoms with Gasteiger partial charge in [-0.25, -0.2) is 0 Å². The van der Waals surface area contributed by atoms with Crippen LogP contribution in [0.4, 0.5) is 0 Å². The number of nitrogens with one attached hydrogen (secondary N) is 1. The zero-order valence-corrected chi connectivity index (χ0v) is 10.8. The molecule has 0 amide bonds. The molecule has 0 aromatic carbocycles. The molecule has 0 rings (SSSR count). The second kappa shape index (κ2) is 12.0. The molecule has 1 atom stereocenters. The van der Waals surface area contributed by atoms with Gasteiger partial charge in [-0.1, -0.05) is 33.1 Å². The van der Waals surface area contributed by atoms with Gasteiger partial charge in [-0.05, 0) is 32.2 Å². The summed E-state index contributed by atoms with van der Waals surface area (Å²) < 4.78 is 5.03. The smallest absolute Gasteiger partial charge is 0.0462 e. The van der Waals surface area contributed by atoms with Gasteiger partial charge in [-0.15, -0.1) is 0 Å². The van der Waals surface area contributed by atoms with E-state index in [1.165, 1.54) is 44.9 Å². The van der Waals surface area contributed by atoms with Crippen molar-refractivity contribution in [2.24, 2.45) is 0 Å². The van der Waals surface area contributed by atoms with Gasteiger partial charge in [0.05, 0.1) is 0 Å². The zero-order chi connectivity index (χ0) is 11.4.